The van der Waals surface area contributed by atoms with E-state index in [2.05, 4.69) is 30.5 Å². The molecule has 2 N–H and O–H groups in total. The summed E-state index contributed by atoms with van der Waals surface area (Å²) < 4.78 is 0. The summed E-state index contributed by atoms with van der Waals surface area (Å²) in [7, 11) is 0. The van der Waals surface area contributed by atoms with Crippen LogP contribution in [0.15, 0.2) is 41.7 Å². The van der Waals surface area contributed by atoms with Crippen molar-refractivity contribution in [1.29, 1.82) is 0 Å². The fourth-order valence-corrected chi connectivity index (χ4v) is 6.60. The number of nitrogens with two attached hydrogens (primary N) is 1. The molecule has 1 aromatic heterocycles. The van der Waals surface area contributed by atoms with E-state index in [0.717, 1.165) is 23.9 Å². The van der Waals surface area contributed by atoms with Gasteiger partial charge in [-0.2, -0.15) is 0 Å². The molecule has 1 atom stereocenters. The molecule has 0 radical (unpaired) electrons. The lowest BCUT2D eigenvalue weighted by atomic mass is 9.63. The fraction of sp³-hybridized carbons (Fsp3) is 0.583. The predicted molar refractivity (Wildman–Crippen MR) is 116 cm³/mol. The highest BCUT2D eigenvalue weighted by Gasteiger charge is 2.47. The zero-order valence-corrected chi connectivity index (χ0v) is 17.5. The third-order valence-electron chi connectivity index (χ3n) is 7.38. The van der Waals surface area contributed by atoms with E-state index in [0.29, 0.717) is 17.3 Å². The van der Waals surface area contributed by atoms with E-state index in [1.165, 1.54) is 56.4 Å². The van der Waals surface area contributed by atoms with E-state index in [1.54, 1.807) is 11.1 Å². The first-order valence-corrected chi connectivity index (χ1v) is 12.0. The van der Waals surface area contributed by atoms with E-state index >= 15 is 0 Å². The van der Waals surface area contributed by atoms with Crippen LogP contribution in [-0.4, -0.2) is 22.3 Å². The molecule has 2 fully saturated rings. The Kier molecular flexibility index (Phi) is 5.18. The first kappa shape index (κ1) is 18.6. The molecule has 0 aliphatic heterocycles. The molecule has 1 heterocycles. The van der Waals surface area contributed by atoms with Gasteiger partial charge >= 0.3 is 0 Å². The number of benzene rings is 1. The van der Waals surface area contributed by atoms with Crippen LogP contribution in [-0.2, 0) is 6.42 Å². The molecule has 2 aromatic rings. The number of nitrogens with zero attached hydrogens (tertiary/aromatic N) is 2. The highest BCUT2D eigenvalue weighted by Crippen LogP contribution is 2.58. The Bertz CT molecular complexity index is 807. The average Bonchev–Trinajstić information content (AvgIpc) is 3.52. The molecule has 1 unspecified atom stereocenters. The summed E-state index contributed by atoms with van der Waals surface area (Å²) in [5.41, 5.74) is 10.8. The monoisotopic (exact) mass is 393 g/mol. The van der Waals surface area contributed by atoms with Crippen molar-refractivity contribution in [1.82, 2.24) is 9.97 Å². The van der Waals surface area contributed by atoms with Crippen molar-refractivity contribution >= 4 is 11.8 Å². The van der Waals surface area contributed by atoms with Crippen LogP contribution in [0.1, 0.15) is 73.6 Å². The van der Waals surface area contributed by atoms with Crippen molar-refractivity contribution in [2.45, 2.75) is 68.2 Å². The van der Waals surface area contributed by atoms with Crippen LogP contribution in [0, 0.1) is 11.3 Å². The Morgan fingerprint density at radius 2 is 1.86 bits per heavy atom. The van der Waals surface area contributed by atoms with Crippen LogP contribution in [0.25, 0.3) is 0 Å². The van der Waals surface area contributed by atoms with Crippen molar-refractivity contribution in [2.24, 2.45) is 17.1 Å². The molecule has 0 bridgehead atoms. The standard InChI is InChI=1S/C24H31N3S/c25-12-9-21-20-4-2-1-3-19(20)13-24(21)10-7-18(8-11-24)22-14-27-23(15-26-22)28-16-17-5-6-17/h1-4,14-15,17-18,21H,5-13,16,25H2/t18-,21?,24-. The van der Waals surface area contributed by atoms with Gasteiger partial charge in [0.2, 0.25) is 0 Å². The maximum Gasteiger partial charge on any atom is 0.114 e. The van der Waals surface area contributed by atoms with Gasteiger partial charge in [0, 0.05) is 17.9 Å². The van der Waals surface area contributed by atoms with Gasteiger partial charge in [-0.25, -0.2) is 4.98 Å². The topological polar surface area (TPSA) is 51.8 Å². The maximum absolute atomic E-state index is 6.01. The third-order valence-corrected chi connectivity index (χ3v) is 8.52. The Morgan fingerprint density at radius 3 is 2.57 bits per heavy atom. The molecule has 0 amide bonds. The Hall–Kier alpha value is -1.39. The summed E-state index contributed by atoms with van der Waals surface area (Å²) in [6.45, 7) is 0.787. The minimum absolute atomic E-state index is 0.424. The Balaban J connectivity index is 1.25. The lowest BCUT2D eigenvalue weighted by molar-refractivity contribution is 0.141. The van der Waals surface area contributed by atoms with Crippen LogP contribution in [0.5, 0.6) is 0 Å². The van der Waals surface area contributed by atoms with Crippen LogP contribution >= 0.6 is 11.8 Å². The SMILES string of the molecule is NCCC1c2ccccc2C[C@]12CC[C@@H](c1cnc(SCC3CC3)cn1)CC2. The fourth-order valence-electron chi connectivity index (χ4n) is 5.61. The van der Waals surface area contributed by atoms with E-state index in [-0.39, 0.29) is 0 Å². The summed E-state index contributed by atoms with van der Waals surface area (Å²) in [5.74, 6) is 3.35. The molecule has 28 heavy (non-hydrogen) atoms. The van der Waals surface area contributed by atoms with E-state index in [1.807, 2.05) is 18.0 Å². The molecule has 0 saturated heterocycles. The quantitative estimate of drug-likeness (QED) is 0.676. The van der Waals surface area contributed by atoms with Crippen LogP contribution < -0.4 is 5.73 Å². The van der Waals surface area contributed by atoms with E-state index in [9.17, 15) is 0 Å². The molecular weight excluding hydrogens is 362 g/mol. The van der Waals surface area contributed by atoms with Crippen molar-refractivity contribution < 1.29 is 0 Å². The lowest BCUT2D eigenvalue weighted by Crippen LogP contribution is -2.32. The molecule has 5 rings (SSSR count). The number of thioether (sulfide) groups is 1. The Morgan fingerprint density at radius 1 is 1.04 bits per heavy atom. The van der Waals surface area contributed by atoms with E-state index < -0.39 is 0 Å². The van der Waals surface area contributed by atoms with Crippen LogP contribution in [0.2, 0.25) is 0 Å². The van der Waals surface area contributed by atoms with Crippen molar-refractivity contribution in [3.8, 4) is 0 Å². The maximum atomic E-state index is 6.01. The highest BCUT2D eigenvalue weighted by molar-refractivity contribution is 7.99. The highest BCUT2D eigenvalue weighted by atomic mass is 32.2. The van der Waals surface area contributed by atoms with Crippen molar-refractivity contribution in [3.05, 3.63) is 53.5 Å². The normalized spacial score (nSPS) is 29.2. The molecule has 2 saturated carbocycles. The summed E-state index contributed by atoms with van der Waals surface area (Å²) >= 11 is 1.87. The number of aromatic nitrogens is 2. The minimum atomic E-state index is 0.424. The van der Waals surface area contributed by atoms with Crippen LogP contribution in [0.4, 0.5) is 0 Å². The van der Waals surface area contributed by atoms with Gasteiger partial charge in [-0.15, -0.1) is 11.8 Å². The number of rotatable bonds is 6. The second-order valence-electron chi connectivity index (χ2n) is 9.18. The third kappa shape index (κ3) is 3.61. The van der Waals surface area contributed by atoms with Gasteiger partial charge in [0.1, 0.15) is 5.03 Å². The largest absolute Gasteiger partial charge is 0.330 e. The first-order chi connectivity index (χ1) is 13.8. The van der Waals surface area contributed by atoms with Gasteiger partial charge in [-0.1, -0.05) is 24.3 Å². The minimum Gasteiger partial charge on any atom is -0.330 e. The van der Waals surface area contributed by atoms with E-state index in [4.69, 9.17) is 15.7 Å². The smallest absolute Gasteiger partial charge is 0.114 e. The molecule has 3 aliphatic carbocycles. The predicted octanol–water partition coefficient (Wildman–Crippen LogP) is 5.31. The van der Waals surface area contributed by atoms with Gasteiger partial charge in [-0.3, -0.25) is 4.98 Å². The van der Waals surface area contributed by atoms with Gasteiger partial charge in [0.05, 0.1) is 11.9 Å². The molecule has 1 aromatic carbocycles. The van der Waals surface area contributed by atoms with Gasteiger partial charge < -0.3 is 5.73 Å². The number of hydrogen-bond acceptors (Lipinski definition) is 4. The van der Waals surface area contributed by atoms with Crippen molar-refractivity contribution in [3.63, 3.8) is 0 Å². The van der Waals surface area contributed by atoms with Crippen LogP contribution in [0.3, 0.4) is 0 Å². The second-order valence-corrected chi connectivity index (χ2v) is 10.2. The number of hydrogen-bond donors (Lipinski definition) is 1. The Labute approximate surface area is 172 Å². The second kappa shape index (κ2) is 7.79. The lowest BCUT2D eigenvalue weighted by Gasteiger charge is -2.42. The summed E-state index contributed by atoms with van der Waals surface area (Å²) in [6.07, 6.45) is 14.3. The summed E-state index contributed by atoms with van der Waals surface area (Å²) in [4.78, 5) is 9.51. The van der Waals surface area contributed by atoms with Gasteiger partial charge in [0.25, 0.3) is 0 Å². The molecule has 148 valence electrons. The molecule has 3 nitrogen and oxygen atoms in total. The number of fused-ring (bicyclic) bond motifs is 1. The molecular formula is C24H31N3S. The molecule has 1 spiro atoms. The zero-order chi connectivity index (χ0) is 19.0. The molecule has 4 heteroatoms. The van der Waals surface area contributed by atoms with Crippen molar-refractivity contribution in [2.75, 3.05) is 12.3 Å². The van der Waals surface area contributed by atoms with Gasteiger partial charge in [-0.05, 0) is 86.3 Å². The van der Waals surface area contributed by atoms with Gasteiger partial charge in [0.15, 0.2) is 0 Å². The molecule has 3 aliphatic rings. The average molecular weight is 394 g/mol. The summed E-state index contributed by atoms with van der Waals surface area (Å²) in [6, 6.07) is 9.08. The zero-order valence-electron chi connectivity index (χ0n) is 16.6. The summed E-state index contributed by atoms with van der Waals surface area (Å²) in [5, 5.41) is 1.09. The first-order valence-electron chi connectivity index (χ1n) is 11.0.